The van der Waals surface area contributed by atoms with Crippen molar-refractivity contribution in [1.82, 2.24) is 19.9 Å². The molecule has 0 saturated carbocycles. The Morgan fingerprint density at radius 3 is 2.87 bits per heavy atom. The average molecular weight is 313 g/mol. The van der Waals surface area contributed by atoms with Crippen LogP contribution in [-0.2, 0) is 24.1 Å². The summed E-state index contributed by atoms with van der Waals surface area (Å²) in [5.74, 6) is 1.18. The van der Waals surface area contributed by atoms with Crippen LogP contribution in [0.5, 0.6) is 0 Å². The molecule has 0 bridgehead atoms. The second kappa shape index (κ2) is 6.81. The molecule has 1 N–H and O–H groups in total. The molecule has 0 radical (unpaired) electrons. The van der Waals surface area contributed by atoms with E-state index >= 15 is 0 Å². The van der Waals surface area contributed by atoms with Crippen LogP contribution in [0.2, 0.25) is 0 Å². The summed E-state index contributed by atoms with van der Waals surface area (Å²) < 4.78 is 0. The molecule has 23 heavy (non-hydrogen) atoms. The minimum atomic E-state index is 0.215. The summed E-state index contributed by atoms with van der Waals surface area (Å²) in [4.78, 5) is 28.4. The number of fused-ring (bicyclic) bond motifs is 1. The van der Waals surface area contributed by atoms with Crippen LogP contribution in [-0.4, -0.2) is 52.9 Å². The second-order valence-electron chi connectivity index (χ2n) is 6.09. The molecule has 3 rings (SSSR count). The van der Waals surface area contributed by atoms with Crippen molar-refractivity contribution in [3.05, 3.63) is 41.6 Å². The Kier molecular flexibility index (Phi) is 4.60. The number of nitrogens with zero attached hydrogens (tertiary/aromatic N) is 4. The van der Waals surface area contributed by atoms with Gasteiger partial charge >= 0.3 is 0 Å². The monoisotopic (exact) mass is 313 g/mol. The third-order valence-electron chi connectivity index (χ3n) is 4.31. The number of rotatable bonds is 4. The number of aromatic nitrogens is 3. The first-order valence-electron chi connectivity index (χ1n) is 8.05. The maximum atomic E-state index is 12.5. The lowest BCUT2D eigenvalue weighted by atomic mass is 10.1. The van der Waals surface area contributed by atoms with E-state index in [0.717, 1.165) is 49.6 Å². The molecule has 122 valence electrons. The Morgan fingerprint density at radius 2 is 2.13 bits per heavy atom. The molecule has 3 heterocycles. The molecule has 2 aromatic rings. The zero-order chi connectivity index (χ0) is 16.2. The number of hydrogen-bond donors (Lipinski definition) is 1. The number of H-pyrrole nitrogens is 1. The summed E-state index contributed by atoms with van der Waals surface area (Å²) in [5, 5.41) is 0. The summed E-state index contributed by atoms with van der Waals surface area (Å²) >= 11 is 0. The van der Waals surface area contributed by atoms with Gasteiger partial charge in [-0.25, -0.2) is 9.97 Å². The molecule has 0 aromatic carbocycles. The van der Waals surface area contributed by atoms with Gasteiger partial charge in [-0.1, -0.05) is 0 Å². The van der Waals surface area contributed by atoms with Crippen molar-refractivity contribution >= 4 is 11.7 Å². The van der Waals surface area contributed by atoms with Crippen LogP contribution in [0.3, 0.4) is 0 Å². The highest BCUT2D eigenvalue weighted by molar-refractivity contribution is 5.76. The maximum Gasteiger partial charge on any atom is 0.222 e. The van der Waals surface area contributed by atoms with Crippen LogP contribution in [0.25, 0.3) is 0 Å². The van der Waals surface area contributed by atoms with Gasteiger partial charge in [0.1, 0.15) is 12.1 Å². The Morgan fingerprint density at radius 1 is 1.30 bits per heavy atom. The third kappa shape index (κ3) is 3.52. The van der Waals surface area contributed by atoms with Crippen LogP contribution in [0.4, 0.5) is 5.82 Å². The smallest absolute Gasteiger partial charge is 0.222 e. The first-order chi connectivity index (χ1) is 11.1. The van der Waals surface area contributed by atoms with Crippen molar-refractivity contribution in [2.75, 3.05) is 32.1 Å². The van der Waals surface area contributed by atoms with Crippen LogP contribution in [0, 0.1) is 0 Å². The SMILES string of the molecule is CN(C)c1ncnc2c1CCN(C(=O)CCc1ccc[nH]1)CC2. The van der Waals surface area contributed by atoms with E-state index in [-0.39, 0.29) is 5.91 Å². The molecule has 1 amide bonds. The van der Waals surface area contributed by atoms with Gasteiger partial charge in [-0.2, -0.15) is 0 Å². The second-order valence-corrected chi connectivity index (χ2v) is 6.09. The quantitative estimate of drug-likeness (QED) is 0.927. The molecule has 0 unspecified atom stereocenters. The number of aryl methyl sites for hydroxylation is 1. The van der Waals surface area contributed by atoms with E-state index in [4.69, 9.17) is 0 Å². The molecular weight excluding hydrogens is 290 g/mol. The molecule has 0 fully saturated rings. The fourth-order valence-electron chi connectivity index (χ4n) is 3.07. The highest BCUT2D eigenvalue weighted by atomic mass is 16.2. The topological polar surface area (TPSA) is 65.1 Å². The number of carbonyl (C=O) groups excluding carboxylic acids is 1. The Balaban J connectivity index is 1.65. The van der Waals surface area contributed by atoms with Crippen molar-refractivity contribution in [3.8, 4) is 0 Å². The summed E-state index contributed by atoms with van der Waals surface area (Å²) in [6, 6.07) is 3.98. The van der Waals surface area contributed by atoms with Crippen molar-refractivity contribution in [3.63, 3.8) is 0 Å². The predicted molar refractivity (Wildman–Crippen MR) is 89.5 cm³/mol. The summed E-state index contributed by atoms with van der Waals surface area (Å²) in [7, 11) is 3.99. The van der Waals surface area contributed by atoms with Gasteiger partial charge in [-0.05, 0) is 25.0 Å². The minimum absolute atomic E-state index is 0.215. The van der Waals surface area contributed by atoms with Crippen LogP contribution in [0.1, 0.15) is 23.4 Å². The van der Waals surface area contributed by atoms with Crippen molar-refractivity contribution in [2.45, 2.75) is 25.7 Å². The number of aromatic amines is 1. The molecular formula is C17H23N5O. The summed E-state index contributed by atoms with van der Waals surface area (Å²) in [6.07, 6.45) is 6.44. The van der Waals surface area contributed by atoms with Crippen LogP contribution in [0.15, 0.2) is 24.7 Å². The van der Waals surface area contributed by atoms with Gasteiger partial charge in [0.2, 0.25) is 5.91 Å². The lowest BCUT2D eigenvalue weighted by Crippen LogP contribution is -2.33. The van der Waals surface area contributed by atoms with E-state index in [1.54, 1.807) is 6.33 Å². The zero-order valence-corrected chi connectivity index (χ0v) is 13.7. The third-order valence-corrected chi connectivity index (χ3v) is 4.31. The fraction of sp³-hybridized carbons (Fsp3) is 0.471. The first-order valence-corrected chi connectivity index (χ1v) is 8.05. The van der Waals surface area contributed by atoms with E-state index in [9.17, 15) is 4.79 Å². The zero-order valence-electron chi connectivity index (χ0n) is 13.7. The predicted octanol–water partition coefficient (Wildman–Crippen LogP) is 1.43. The van der Waals surface area contributed by atoms with E-state index in [1.807, 2.05) is 42.2 Å². The van der Waals surface area contributed by atoms with E-state index in [2.05, 4.69) is 15.0 Å². The number of hydrogen-bond acceptors (Lipinski definition) is 4. The molecule has 6 heteroatoms. The van der Waals surface area contributed by atoms with Gasteiger partial charge in [0.25, 0.3) is 0 Å². The molecule has 0 spiro atoms. The lowest BCUT2D eigenvalue weighted by Gasteiger charge is -2.20. The Bertz CT molecular complexity index is 666. The van der Waals surface area contributed by atoms with Crippen LogP contribution >= 0.6 is 0 Å². The van der Waals surface area contributed by atoms with Crippen LogP contribution < -0.4 is 4.90 Å². The van der Waals surface area contributed by atoms with E-state index in [1.165, 1.54) is 5.56 Å². The Hall–Kier alpha value is -2.37. The molecule has 1 aliphatic rings. The van der Waals surface area contributed by atoms with Gasteiger partial charge in [0.15, 0.2) is 0 Å². The van der Waals surface area contributed by atoms with Gasteiger partial charge in [-0.3, -0.25) is 4.79 Å². The number of anilines is 1. The highest BCUT2D eigenvalue weighted by Crippen LogP contribution is 2.22. The molecule has 1 aliphatic heterocycles. The van der Waals surface area contributed by atoms with Gasteiger partial charge in [0, 0.05) is 57.5 Å². The first kappa shape index (κ1) is 15.5. The minimum Gasteiger partial charge on any atom is -0.365 e. The van der Waals surface area contributed by atoms with Gasteiger partial charge in [-0.15, -0.1) is 0 Å². The maximum absolute atomic E-state index is 12.5. The molecule has 2 aromatic heterocycles. The number of amides is 1. The summed E-state index contributed by atoms with van der Waals surface area (Å²) in [5.41, 5.74) is 3.36. The molecule has 0 atom stereocenters. The fourth-order valence-corrected chi connectivity index (χ4v) is 3.07. The normalized spacial score (nSPS) is 14.3. The van der Waals surface area contributed by atoms with Gasteiger partial charge < -0.3 is 14.8 Å². The lowest BCUT2D eigenvalue weighted by molar-refractivity contribution is -0.131. The molecule has 0 aliphatic carbocycles. The van der Waals surface area contributed by atoms with E-state index in [0.29, 0.717) is 6.42 Å². The van der Waals surface area contributed by atoms with Gasteiger partial charge in [0.05, 0.1) is 5.69 Å². The largest absolute Gasteiger partial charge is 0.365 e. The van der Waals surface area contributed by atoms with E-state index < -0.39 is 0 Å². The summed E-state index contributed by atoms with van der Waals surface area (Å²) in [6.45, 7) is 1.48. The molecule has 6 nitrogen and oxygen atoms in total. The van der Waals surface area contributed by atoms with Crippen molar-refractivity contribution in [2.24, 2.45) is 0 Å². The number of carbonyl (C=O) groups is 1. The van der Waals surface area contributed by atoms with Crippen molar-refractivity contribution in [1.29, 1.82) is 0 Å². The van der Waals surface area contributed by atoms with Crippen molar-refractivity contribution < 1.29 is 4.79 Å². The standard InChI is InChI=1S/C17H23N5O/c1-21(2)17-14-7-10-22(11-8-15(14)19-12-20-17)16(23)6-5-13-4-3-9-18-13/h3-4,9,12,18H,5-8,10-11H2,1-2H3. The highest BCUT2D eigenvalue weighted by Gasteiger charge is 2.22. The number of nitrogens with one attached hydrogen (secondary N) is 1. The Labute approximate surface area is 136 Å². The molecule has 0 saturated heterocycles. The average Bonchev–Trinajstić information content (AvgIpc) is 2.97.